The molecule has 140 valence electrons. The third-order valence-electron chi connectivity index (χ3n) is 7.83. The van der Waals surface area contributed by atoms with Gasteiger partial charge in [-0.2, -0.15) is 0 Å². The van der Waals surface area contributed by atoms with Crippen LogP contribution in [0.25, 0.3) is 6.08 Å². The number of pyridine rings is 1. The number of halogens is 1. The molecule has 0 radical (unpaired) electrons. The van der Waals surface area contributed by atoms with Crippen LogP contribution in [0.4, 0.5) is 0 Å². The normalized spacial score (nSPS) is 33.4. The molecule has 3 aliphatic rings. The minimum atomic E-state index is 0.361. The average molecular weight is 422 g/mol. The number of hydrogen-bond donors (Lipinski definition) is 0. The second-order valence-electron chi connectivity index (χ2n) is 9.15. The van der Waals surface area contributed by atoms with Crippen LogP contribution in [0.2, 0.25) is 0 Å². The molecule has 2 heteroatoms. The summed E-state index contributed by atoms with van der Waals surface area (Å²) in [5.74, 6) is 2.48. The molecule has 1 heterocycles. The fraction of sp³-hybridized carbons (Fsp3) is 0.480. The van der Waals surface area contributed by atoms with E-state index in [1.165, 1.54) is 44.1 Å². The summed E-state index contributed by atoms with van der Waals surface area (Å²) in [6.07, 6.45) is 12.2. The van der Waals surface area contributed by atoms with Crippen LogP contribution < -0.4 is 0 Å². The predicted octanol–water partition coefficient (Wildman–Crippen LogP) is 7.09. The number of rotatable bonds is 1. The van der Waals surface area contributed by atoms with Gasteiger partial charge in [-0.05, 0) is 114 Å². The first-order chi connectivity index (χ1) is 13.1. The maximum absolute atomic E-state index is 4.61. The third-order valence-corrected chi connectivity index (χ3v) is 8.50. The number of benzene rings is 1. The Bertz CT molecular complexity index is 914. The number of hydrogen-bond acceptors (Lipinski definition) is 1. The van der Waals surface area contributed by atoms with E-state index in [0.29, 0.717) is 5.41 Å². The van der Waals surface area contributed by atoms with Crippen molar-refractivity contribution in [3.8, 4) is 0 Å². The van der Waals surface area contributed by atoms with Gasteiger partial charge in [0.05, 0.1) is 5.69 Å². The van der Waals surface area contributed by atoms with Crippen molar-refractivity contribution in [2.24, 2.45) is 17.3 Å². The second kappa shape index (κ2) is 6.58. The minimum Gasteiger partial charge on any atom is -0.256 e. The monoisotopic (exact) mass is 421 g/mol. The zero-order valence-corrected chi connectivity index (χ0v) is 17.9. The van der Waals surface area contributed by atoms with Crippen molar-refractivity contribution >= 4 is 22.0 Å². The van der Waals surface area contributed by atoms with Gasteiger partial charge >= 0.3 is 0 Å². The highest BCUT2D eigenvalue weighted by Gasteiger charge is 2.52. The first-order valence-electron chi connectivity index (χ1n) is 10.5. The SMILES string of the molecule is Cc1ccc2c(c1)CC[C@@H]1[C@@H]2CC[C@]2(C)/C(=C/c3ncccc3Br)CC[C@@H]12. The van der Waals surface area contributed by atoms with Crippen LogP contribution in [-0.4, -0.2) is 4.98 Å². The molecule has 0 amide bonds. The first-order valence-corrected chi connectivity index (χ1v) is 11.3. The summed E-state index contributed by atoms with van der Waals surface area (Å²) in [5.41, 5.74) is 7.82. The fourth-order valence-corrected chi connectivity index (χ4v) is 6.83. The summed E-state index contributed by atoms with van der Waals surface area (Å²) in [5, 5.41) is 0. The van der Waals surface area contributed by atoms with Gasteiger partial charge in [-0.3, -0.25) is 4.98 Å². The highest BCUT2D eigenvalue weighted by Crippen LogP contribution is 2.63. The molecular weight excluding hydrogens is 394 g/mol. The zero-order chi connectivity index (χ0) is 18.6. The van der Waals surface area contributed by atoms with Crippen LogP contribution in [-0.2, 0) is 6.42 Å². The predicted molar refractivity (Wildman–Crippen MR) is 116 cm³/mol. The molecule has 0 aliphatic heterocycles. The number of fused-ring (bicyclic) bond motifs is 5. The molecule has 1 aromatic heterocycles. The summed E-state index contributed by atoms with van der Waals surface area (Å²) in [4.78, 5) is 4.61. The Kier molecular flexibility index (Phi) is 4.31. The smallest absolute Gasteiger partial charge is 0.0771 e. The van der Waals surface area contributed by atoms with Gasteiger partial charge in [0, 0.05) is 10.7 Å². The maximum atomic E-state index is 4.61. The Hall–Kier alpha value is -1.41. The molecule has 4 atom stereocenters. The molecule has 2 fully saturated rings. The minimum absolute atomic E-state index is 0.361. The number of aryl methyl sites for hydroxylation is 2. The van der Waals surface area contributed by atoms with E-state index in [9.17, 15) is 0 Å². The summed E-state index contributed by atoms with van der Waals surface area (Å²) < 4.78 is 1.11. The number of aromatic nitrogens is 1. The Morgan fingerprint density at radius 2 is 2.04 bits per heavy atom. The van der Waals surface area contributed by atoms with Crippen LogP contribution >= 0.6 is 15.9 Å². The second-order valence-corrected chi connectivity index (χ2v) is 10.0. The van der Waals surface area contributed by atoms with Gasteiger partial charge in [-0.25, -0.2) is 0 Å². The Labute approximate surface area is 171 Å². The molecule has 0 unspecified atom stereocenters. The van der Waals surface area contributed by atoms with Crippen molar-refractivity contribution in [1.29, 1.82) is 0 Å². The number of nitrogens with zero attached hydrogens (tertiary/aromatic N) is 1. The Morgan fingerprint density at radius 3 is 2.89 bits per heavy atom. The molecule has 1 aromatic carbocycles. The molecule has 2 aromatic rings. The lowest BCUT2D eigenvalue weighted by atomic mass is 9.55. The van der Waals surface area contributed by atoms with Crippen molar-refractivity contribution in [2.45, 2.75) is 58.3 Å². The molecule has 0 N–H and O–H groups in total. The fourth-order valence-electron chi connectivity index (χ4n) is 6.47. The van der Waals surface area contributed by atoms with E-state index in [1.807, 2.05) is 12.3 Å². The van der Waals surface area contributed by atoms with Gasteiger partial charge in [-0.15, -0.1) is 0 Å². The Morgan fingerprint density at radius 1 is 1.15 bits per heavy atom. The zero-order valence-electron chi connectivity index (χ0n) is 16.3. The molecule has 2 saturated carbocycles. The quantitative estimate of drug-likeness (QED) is 0.478. The number of allylic oxidation sites excluding steroid dienone is 1. The molecule has 0 bridgehead atoms. The summed E-state index contributed by atoms with van der Waals surface area (Å²) >= 11 is 3.68. The largest absolute Gasteiger partial charge is 0.256 e. The van der Waals surface area contributed by atoms with E-state index >= 15 is 0 Å². The van der Waals surface area contributed by atoms with E-state index in [2.05, 4.69) is 65.1 Å². The van der Waals surface area contributed by atoms with Crippen molar-refractivity contribution in [1.82, 2.24) is 4.98 Å². The van der Waals surface area contributed by atoms with Crippen LogP contribution in [0.1, 0.15) is 67.3 Å². The maximum Gasteiger partial charge on any atom is 0.0771 e. The van der Waals surface area contributed by atoms with Gasteiger partial charge in [0.25, 0.3) is 0 Å². The molecule has 3 aliphatic carbocycles. The standard InChI is InChI=1S/C25H28BrN/c1-16-5-8-19-17(14-16)6-9-21-20(19)11-12-25(2)18(7-10-22(21)25)15-24-23(26)4-3-13-27-24/h3-5,8,13-15,20-22H,6-7,9-12H2,1-2H3/b18-15+/t20-,21-,22+,25-/m1/s1. The van der Waals surface area contributed by atoms with Crippen LogP contribution in [0.15, 0.2) is 46.6 Å². The van der Waals surface area contributed by atoms with Crippen LogP contribution in [0.3, 0.4) is 0 Å². The summed E-state index contributed by atoms with van der Waals surface area (Å²) in [6.45, 7) is 4.78. The van der Waals surface area contributed by atoms with E-state index in [1.54, 1.807) is 16.7 Å². The molecule has 1 nitrogen and oxygen atoms in total. The topological polar surface area (TPSA) is 12.9 Å². The van der Waals surface area contributed by atoms with Crippen LogP contribution in [0.5, 0.6) is 0 Å². The lowest BCUT2D eigenvalue weighted by Gasteiger charge is -2.49. The molecular formula is C25H28BrN. The molecule has 27 heavy (non-hydrogen) atoms. The van der Waals surface area contributed by atoms with Crippen molar-refractivity contribution in [2.75, 3.05) is 0 Å². The lowest BCUT2D eigenvalue weighted by molar-refractivity contribution is 0.0819. The van der Waals surface area contributed by atoms with E-state index < -0.39 is 0 Å². The van der Waals surface area contributed by atoms with Gasteiger partial charge in [0.15, 0.2) is 0 Å². The highest BCUT2D eigenvalue weighted by atomic mass is 79.9. The van der Waals surface area contributed by atoms with Crippen molar-refractivity contribution in [3.63, 3.8) is 0 Å². The Balaban J connectivity index is 1.48. The van der Waals surface area contributed by atoms with Gasteiger partial charge in [0.1, 0.15) is 0 Å². The van der Waals surface area contributed by atoms with E-state index in [0.717, 1.165) is 27.9 Å². The molecule has 0 saturated heterocycles. The first kappa shape index (κ1) is 17.7. The van der Waals surface area contributed by atoms with Gasteiger partial charge < -0.3 is 0 Å². The third kappa shape index (κ3) is 2.83. The van der Waals surface area contributed by atoms with Gasteiger partial charge in [0.2, 0.25) is 0 Å². The van der Waals surface area contributed by atoms with Crippen LogP contribution in [0, 0.1) is 24.2 Å². The lowest BCUT2D eigenvalue weighted by Crippen LogP contribution is -2.40. The van der Waals surface area contributed by atoms with E-state index in [4.69, 9.17) is 0 Å². The van der Waals surface area contributed by atoms with Crippen molar-refractivity contribution in [3.05, 3.63) is 69.0 Å². The molecule has 5 rings (SSSR count). The summed E-state index contributed by atoms with van der Waals surface area (Å²) in [6, 6.07) is 11.3. The van der Waals surface area contributed by atoms with E-state index in [-0.39, 0.29) is 0 Å². The van der Waals surface area contributed by atoms with Gasteiger partial charge in [-0.1, -0.05) is 36.3 Å². The van der Waals surface area contributed by atoms with Crippen molar-refractivity contribution < 1.29 is 0 Å². The summed E-state index contributed by atoms with van der Waals surface area (Å²) in [7, 11) is 0. The highest BCUT2D eigenvalue weighted by molar-refractivity contribution is 9.10. The average Bonchev–Trinajstić information content (AvgIpc) is 2.99. The molecule has 0 spiro atoms.